The summed E-state index contributed by atoms with van der Waals surface area (Å²) in [7, 11) is 1.48. The first-order valence-corrected chi connectivity index (χ1v) is 24.5. The van der Waals surface area contributed by atoms with Gasteiger partial charge < -0.3 is 59.2 Å². The molecule has 3 aromatic rings. The van der Waals surface area contributed by atoms with Crippen LogP contribution in [0.4, 0.5) is 0 Å². The zero-order chi connectivity index (χ0) is 55.7. The number of methoxy groups -OCH3 is 1. The molecule has 25 heteroatoms. The van der Waals surface area contributed by atoms with Crippen LogP contribution in [-0.4, -0.2) is 144 Å². The molecule has 2 aromatic heterocycles. The Kier molecular flexibility index (Phi) is 21.4. The van der Waals surface area contributed by atoms with Crippen molar-refractivity contribution in [3.8, 4) is 11.4 Å². The molecule has 0 saturated carbocycles. The quantitative estimate of drug-likeness (QED) is 0.0268. The second kappa shape index (κ2) is 27.6. The molecule has 2 aliphatic heterocycles. The number of aliphatic carboxylic acids is 2. The second-order valence-electron chi connectivity index (χ2n) is 18.0. The minimum atomic E-state index is -2.12. The number of nitrogens with zero attached hydrogens (tertiary/aromatic N) is 2. The van der Waals surface area contributed by atoms with Crippen LogP contribution in [0.5, 0.6) is 0 Å². The predicted molar refractivity (Wildman–Crippen MR) is 260 cm³/mol. The number of pyridine rings is 2. The van der Waals surface area contributed by atoms with E-state index in [2.05, 4.69) is 16.0 Å². The Bertz CT molecular complexity index is 2790. The summed E-state index contributed by atoms with van der Waals surface area (Å²) < 4.78 is 32.6. The number of ether oxygens (including phenoxy) is 6. The molecular formula is C51H61N5O20. The number of carboxylic acids is 2. The Morgan fingerprint density at radius 2 is 1.59 bits per heavy atom. The minimum absolute atomic E-state index is 0.0756. The second-order valence-corrected chi connectivity index (χ2v) is 18.0. The lowest BCUT2D eigenvalue weighted by Crippen LogP contribution is -2.49. The lowest BCUT2D eigenvalue weighted by atomic mass is 9.85. The molecule has 0 spiro atoms. The maximum atomic E-state index is 14.0. The topological polar surface area (TPSA) is 355 Å². The summed E-state index contributed by atoms with van der Waals surface area (Å²) in [5, 5.41) is 27.3. The molecule has 0 aliphatic carbocycles. The first-order chi connectivity index (χ1) is 36.2. The molecule has 1 aromatic carbocycles. The van der Waals surface area contributed by atoms with Crippen molar-refractivity contribution in [1.29, 1.82) is 0 Å². The molecule has 2 aliphatic rings. The number of Topliss-reactive ketones (excluding diaryl/α,β-unsaturated/α-hetero) is 2. The number of fused-ring (bicyclic) bond motifs is 5. The van der Waals surface area contributed by atoms with Gasteiger partial charge in [0.1, 0.15) is 19.8 Å². The van der Waals surface area contributed by atoms with Gasteiger partial charge in [-0.15, -0.1) is 0 Å². The molecule has 3 amide bonds. The fourth-order valence-electron chi connectivity index (χ4n) is 8.57. The van der Waals surface area contributed by atoms with Crippen LogP contribution in [0.25, 0.3) is 22.3 Å². The van der Waals surface area contributed by atoms with Crippen LogP contribution in [0.1, 0.15) is 95.2 Å². The Morgan fingerprint density at radius 3 is 2.29 bits per heavy atom. The fraction of sp³-hybridized carbons (Fsp3) is 0.510. The summed E-state index contributed by atoms with van der Waals surface area (Å²) in [5.41, 5.74) is -0.122. The van der Waals surface area contributed by atoms with E-state index in [0.717, 1.165) is 17.9 Å². The van der Waals surface area contributed by atoms with Gasteiger partial charge in [-0.05, 0) is 50.8 Å². The average Bonchev–Trinajstić information content (AvgIpc) is 3.74. The molecule has 0 radical (unpaired) electrons. The summed E-state index contributed by atoms with van der Waals surface area (Å²) in [6.07, 6.45) is -5.94. The number of nitrogens with one attached hydrogen (secondary N) is 3. The van der Waals surface area contributed by atoms with E-state index in [1.54, 1.807) is 6.07 Å². The molecule has 25 nitrogen and oxygen atoms in total. The van der Waals surface area contributed by atoms with E-state index < -0.39 is 159 Å². The van der Waals surface area contributed by atoms with E-state index >= 15 is 0 Å². The normalized spacial score (nSPS) is 15.8. The summed E-state index contributed by atoms with van der Waals surface area (Å²) in [4.78, 5) is 160. The number of amides is 3. The number of cyclic esters (lactones) is 1. The number of carbonyl (C=O) groups is 11. The number of para-hydroxylation sites is 1. The number of rotatable bonds is 31. The highest BCUT2D eigenvalue weighted by Crippen LogP contribution is 2.41. The number of hydrogen-bond donors (Lipinski definition) is 5. The highest BCUT2D eigenvalue weighted by atomic mass is 16.6. The maximum Gasteiger partial charge on any atom is 0.355 e. The molecular weight excluding hydrogens is 1000 g/mol. The number of esters is 4. The SMILES string of the molecule is CC[C@@]1(OC(=O)CNC(=O)CCC(NC(=O)C(CCC(=O)NCCOCCOC)CC(=O)COC(=O)C(C)OC(C)=O)C(=O)CC(CCC(=O)O)C(=O)O)C(=O)OCc2c1cc1n(c2=O)Cc2cc3ccccc3nc2-1. The molecule has 4 unspecified atom stereocenters. The molecule has 0 bridgehead atoms. The van der Waals surface area contributed by atoms with Crippen molar-refractivity contribution in [2.45, 2.75) is 109 Å². The van der Waals surface area contributed by atoms with E-state index in [1.165, 1.54) is 25.5 Å². The number of benzene rings is 1. The van der Waals surface area contributed by atoms with Crippen LogP contribution in [0, 0.1) is 11.8 Å². The molecule has 76 heavy (non-hydrogen) atoms. The van der Waals surface area contributed by atoms with Crippen LogP contribution < -0.4 is 21.5 Å². The van der Waals surface area contributed by atoms with E-state index in [0.29, 0.717) is 23.5 Å². The first kappa shape index (κ1) is 59.0. The average molecular weight is 1060 g/mol. The van der Waals surface area contributed by atoms with Crippen LogP contribution in [0.15, 0.2) is 41.2 Å². The maximum absolute atomic E-state index is 14.0. The Balaban J connectivity index is 1.30. The van der Waals surface area contributed by atoms with Gasteiger partial charge in [0.25, 0.3) is 5.56 Å². The molecule has 5 rings (SSSR count). The first-order valence-electron chi connectivity index (χ1n) is 24.5. The largest absolute Gasteiger partial charge is 0.481 e. The summed E-state index contributed by atoms with van der Waals surface area (Å²) in [5.74, 6) is -14.0. The zero-order valence-corrected chi connectivity index (χ0v) is 42.4. The summed E-state index contributed by atoms with van der Waals surface area (Å²) >= 11 is 0. The third-order valence-corrected chi connectivity index (χ3v) is 12.6. The van der Waals surface area contributed by atoms with Gasteiger partial charge in [-0.25, -0.2) is 14.6 Å². The number of hydrogen-bond acceptors (Lipinski definition) is 19. The number of carbonyl (C=O) groups excluding carboxylic acids is 9. The van der Waals surface area contributed by atoms with Crippen LogP contribution >= 0.6 is 0 Å². The smallest absolute Gasteiger partial charge is 0.355 e. The van der Waals surface area contributed by atoms with Crippen molar-refractivity contribution in [2.24, 2.45) is 11.8 Å². The van der Waals surface area contributed by atoms with Gasteiger partial charge in [-0.3, -0.25) is 47.9 Å². The highest BCUT2D eigenvalue weighted by molar-refractivity contribution is 5.95. The van der Waals surface area contributed by atoms with E-state index in [9.17, 15) is 67.7 Å². The third-order valence-electron chi connectivity index (χ3n) is 12.6. The van der Waals surface area contributed by atoms with Crippen LogP contribution in [-0.2, 0) is 99.9 Å². The predicted octanol–water partition coefficient (Wildman–Crippen LogP) is 1.17. The third kappa shape index (κ3) is 15.8. The van der Waals surface area contributed by atoms with E-state index in [-0.39, 0.29) is 56.7 Å². The van der Waals surface area contributed by atoms with Gasteiger partial charge in [0.2, 0.25) is 23.3 Å². The van der Waals surface area contributed by atoms with Crippen LogP contribution in [0.2, 0.25) is 0 Å². The number of carboxylic acid groups (broad SMARTS) is 2. The molecule has 0 fully saturated rings. The Labute approximate surface area is 434 Å². The standard InChI is InChI=1S/C51H61N5O20/c1-5-51(36-23-39-45-33(20-30-8-6-7-9-37(30)54-45)25-56(39)47(66)35(36)27-74-50(51)70)76-44(64)24-53-42(61)14-12-38(40(59)22-32(48(67)68)11-15-43(62)63)55-46(65)31(10-13-41(60)52-16-17-72-19-18-71-4)21-34(58)26-73-49(69)28(2)75-29(3)57/h6-9,20,23,28,31-32,38H,5,10-19,21-22,24-27H2,1-4H3,(H,52,60)(H,53,61)(H,55,65)(H,62,63)(H,67,68)/t28?,31?,32?,38?,51-/m0/s1. The summed E-state index contributed by atoms with van der Waals surface area (Å²) in [6, 6.07) is 9.20. The zero-order valence-electron chi connectivity index (χ0n) is 42.4. The van der Waals surface area contributed by atoms with Gasteiger partial charge in [-0.1, -0.05) is 25.1 Å². The molecule has 4 heterocycles. The van der Waals surface area contributed by atoms with Crippen molar-refractivity contribution in [1.82, 2.24) is 25.5 Å². The number of ketones is 2. The van der Waals surface area contributed by atoms with E-state index in [4.69, 9.17) is 33.4 Å². The van der Waals surface area contributed by atoms with Crippen molar-refractivity contribution >= 4 is 76.0 Å². The number of aromatic nitrogens is 2. The molecule has 0 saturated heterocycles. The lowest BCUT2D eigenvalue weighted by molar-refractivity contribution is -0.189. The minimum Gasteiger partial charge on any atom is -0.481 e. The van der Waals surface area contributed by atoms with E-state index in [1.807, 2.05) is 30.3 Å². The van der Waals surface area contributed by atoms with Crippen LogP contribution in [0.3, 0.4) is 0 Å². The van der Waals surface area contributed by atoms with Gasteiger partial charge in [0, 0.05) is 75.1 Å². The van der Waals surface area contributed by atoms with Gasteiger partial charge in [0.05, 0.1) is 60.8 Å². The Hall–Kier alpha value is -7.93. The molecule has 410 valence electrons. The highest BCUT2D eigenvalue weighted by Gasteiger charge is 2.50. The summed E-state index contributed by atoms with van der Waals surface area (Å²) in [6.45, 7) is 2.62. The van der Waals surface area contributed by atoms with Gasteiger partial charge in [0.15, 0.2) is 17.7 Å². The molecule has 5 N–H and O–H groups in total. The monoisotopic (exact) mass is 1060 g/mol. The van der Waals surface area contributed by atoms with Gasteiger partial charge in [-0.2, -0.15) is 0 Å². The van der Waals surface area contributed by atoms with Crippen molar-refractivity contribution in [3.05, 3.63) is 63.4 Å². The lowest BCUT2D eigenvalue weighted by Gasteiger charge is -2.35. The van der Waals surface area contributed by atoms with Gasteiger partial charge >= 0.3 is 35.8 Å². The van der Waals surface area contributed by atoms with Crippen molar-refractivity contribution in [3.63, 3.8) is 0 Å². The fourth-order valence-corrected chi connectivity index (χ4v) is 8.57. The Morgan fingerprint density at radius 1 is 0.882 bits per heavy atom. The van der Waals surface area contributed by atoms with Crippen molar-refractivity contribution in [2.75, 3.05) is 46.6 Å². The van der Waals surface area contributed by atoms with Crippen molar-refractivity contribution < 1.29 is 91.4 Å². The molecule has 5 atom stereocenters.